The number of hydrogen-bond donors (Lipinski definition) is 2. The summed E-state index contributed by atoms with van der Waals surface area (Å²) < 4.78 is 17.4. The average molecular weight is 240 g/mol. The highest BCUT2D eigenvalue weighted by atomic mass is 19.1. The second-order valence-corrected chi connectivity index (χ2v) is 3.63. The van der Waals surface area contributed by atoms with Crippen LogP contribution in [-0.4, -0.2) is 19.2 Å². The summed E-state index contributed by atoms with van der Waals surface area (Å²) in [6.45, 7) is 2.77. The van der Waals surface area contributed by atoms with Crippen LogP contribution in [0.5, 0.6) is 0 Å². The van der Waals surface area contributed by atoms with Gasteiger partial charge in [0.1, 0.15) is 12.4 Å². The summed E-state index contributed by atoms with van der Waals surface area (Å²) in [6, 6.07) is 6.46. The molecule has 5 heteroatoms. The first-order valence-corrected chi connectivity index (χ1v) is 5.54. The van der Waals surface area contributed by atoms with E-state index in [-0.39, 0.29) is 18.5 Å². The Morgan fingerprint density at radius 1 is 1.47 bits per heavy atom. The number of amides is 1. The van der Waals surface area contributed by atoms with Gasteiger partial charge in [0.2, 0.25) is 0 Å². The zero-order valence-corrected chi connectivity index (χ0v) is 9.78. The van der Waals surface area contributed by atoms with Crippen LogP contribution in [0.4, 0.5) is 9.18 Å². The molecule has 0 aliphatic carbocycles. The minimum absolute atomic E-state index is 0.118. The Bertz CT molecular complexity index is 354. The molecular formula is C12H17FN2O2. The lowest BCUT2D eigenvalue weighted by atomic mass is 10.0. The van der Waals surface area contributed by atoms with E-state index in [1.165, 1.54) is 12.1 Å². The van der Waals surface area contributed by atoms with Gasteiger partial charge in [-0.3, -0.25) is 0 Å². The molecule has 0 saturated heterocycles. The number of ether oxygens (including phenoxy) is 1. The first-order valence-electron chi connectivity index (χ1n) is 5.54. The number of nitrogens with two attached hydrogens (primary N) is 1. The molecule has 17 heavy (non-hydrogen) atoms. The zero-order chi connectivity index (χ0) is 12.7. The molecule has 1 aromatic rings. The number of carbonyl (C=O) groups is 1. The summed E-state index contributed by atoms with van der Waals surface area (Å²) in [4.78, 5) is 10.4. The second kappa shape index (κ2) is 6.85. The third-order valence-corrected chi connectivity index (χ3v) is 2.42. The largest absolute Gasteiger partial charge is 0.448 e. The maximum atomic E-state index is 12.8. The van der Waals surface area contributed by atoms with Gasteiger partial charge in [0.05, 0.1) is 0 Å². The van der Waals surface area contributed by atoms with Crippen LogP contribution in [0.3, 0.4) is 0 Å². The standard InChI is InChI=1S/C12H17FN2O2/c1-2-11(15-7-8-17-12(14)16)9-3-5-10(13)6-4-9/h3-6,11,15H,2,7-8H2,1H3,(H2,14,16). The van der Waals surface area contributed by atoms with Crippen molar-refractivity contribution in [3.8, 4) is 0 Å². The molecule has 0 radical (unpaired) electrons. The molecule has 1 rings (SSSR count). The SMILES string of the molecule is CCC(NCCOC(N)=O)c1ccc(F)cc1. The smallest absolute Gasteiger partial charge is 0.404 e. The van der Waals surface area contributed by atoms with Gasteiger partial charge in [-0.15, -0.1) is 0 Å². The molecular weight excluding hydrogens is 223 g/mol. The third-order valence-electron chi connectivity index (χ3n) is 2.42. The highest BCUT2D eigenvalue weighted by Crippen LogP contribution is 2.16. The zero-order valence-electron chi connectivity index (χ0n) is 9.78. The van der Waals surface area contributed by atoms with Gasteiger partial charge in [-0.25, -0.2) is 9.18 Å². The van der Waals surface area contributed by atoms with Gasteiger partial charge in [0.15, 0.2) is 0 Å². The number of benzene rings is 1. The summed E-state index contributed by atoms with van der Waals surface area (Å²) in [6.07, 6.45) is 0.0870. The molecule has 0 fully saturated rings. The fourth-order valence-electron chi connectivity index (χ4n) is 1.58. The predicted molar refractivity (Wildman–Crippen MR) is 63.0 cm³/mol. The second-order valence-electron chi connectivity index (χ2n) is 3.63. The van der Waals surface area contributed by atoms with E-state index in [1.807, 2.05) is 6.92 Å². The summed E-state index contributed by atoms with van der Waals surface area (Å²) in [5.74, 6) is -0.249. The van der Waals surface area contributed by atoms with Crippen LogP contribution < -0.4 is 11.1 Å². The lowest BCUT2D eigenvalue weighted by Gasteiger charge is -2.17. The van der Waals surface area contributed by atoms with E-state index in [0.717, 1.165) is 12.0 Å². The minimum Gasteiger partial charge on any atom is -0.448 e. The van der Waals surface area contributed by atoms with Gasteiger partial charge < -0.3 is 15.8 Å². The van der Waals surface area contributed by atoms with Crippen molar-refractivity contribution in [2.75, 3.05) is 13.2 Å². The van der Waals surface area contributed by atoms with E-state index in [0.29, 0.717) is 6.54 Å². The fraction of sp³-hybridized carbons (Fsp3) is 0.417. The Hall–Kier alpha value is -1.62. The van der Waals surface area contributed by atoms with Crippen molar-refractivity contribution in [1.29, 1.82) is 0 Å². The first-order chi connectivity index (χ1) is 8.13. The molecule has 0 spiro atoms. The third kappa shape index (κ3) is 4.82. The van der Waals surface area contributed by atoms with Gasteiger partial charge in [0.25, 0.3) is 0 Å². The van der Waals surface area contributed by atoms with Crippen molar-refractivity contribution in [3.63, 3.8) is 0 Å². The monoisotopic (exact) mass is 240 g/mol. The molecule has 4 nitrogen and oxygen atoms in total. The van der Waals surface area contributed by atoms with Crippen LogP contribution in [0.2, 0.25) is 0 Å². The van der Waals surface area contributed by atoms with Crippen LogP contribution in [0.25, 0.3) is 0 Å². The summed E-state index contributed by atoms with van der Waals surface area (Å²) >= 11 is 0. The maximum Gasteiger partial charge on any atom is 0.404 e. The lowest BCUT2D eigenvalue weighted by Crippen LogP contribution is -2.27. The van der Waals surface area contributed by atoms with Crippen LogP contribution >= 0.6 is 0 Å². The Labute approximate surface area is 100.0 Å². The molecule has 1 amide bonds. The topological polar surface area (TPSA) is 64.3 Å². The van der Waals surface area contributed by atoms with Crippen molar-refractivity contribution in [1.82, 2.24) is 5.32 Å². The molecule has 94 valence electrons. The Kier molecular flexibility index (Phi) is 5.42. The normalized spacial score (nSPS) is 12.1. The highest BCUT2D eigenvalue weighted by Gasteiger charge is 2.08. The van der Waals surface area contributed by atoms with E-state index < -0.39 is 6.09 Å². The molecule has 1 unspecified atom stereocenters. The van der Waals surface area contributed by atoms with Gasteiger partial charge in [-0.05, 0) is 24.1 Å². The van der Waals surface area contributed by atoms with Crippen LogP contribution in [-0.2, 0) is 4.74 Å². The summed E-state index contributed by atoms with van der Waals surface area (Å²) in [5.41, 5.74) is 5.85. The number of halogens is 1. The number of primary amides is 1. The van der Waals surface area contributed by atoms with Crippen molar-refractivity contribution in [2.45, 2.75) is 19.4 Å². The summed E-state index contributed by atoms with van der Waals surface area (Å²) in [5, 5.41) is 3.21. The van der Waals surface area contributed by atoms with E-state index in [2.05, 4.69) is 10.1 Å². The molecule has 3 N–H and O–H groups in total. The quantitative estimate of drug-likeness (QED) is 0.747. The average Bonchev–Trinajstić information content (AvgIpc) is 2.30. The molecule has 0 aliphatic heterocycles. The van der Waals surface area contributed by atoms with Gasteiger partial charge in [0, 0.05) is 12.6 Å². The fourth-order valence-corrected chi connectivity index (χ4v) is 1.58. The van der Waals surface area contributed by atoms with Crippen molar-refractivity contribution in [2.24, 2.45) is 5.73 Å². The van der Waals surface area contributed by atoms with Gasteiger partial charge >= 0.3 is 6.09 Å². The predicted octanol–water partition coefficient (Wildman–Crippen LogP) is 1.96. The summed E-state index contributed by atoms with van der Waals surface area (Å²) in [7, 11) is 0. The molecule has 0 saturated carbocycles. The molecule has 0 bridgehead atoms. The molecule has 1 aromatic carbocycles. The van der Waals surface area contributed by atoms with Crippen LogP contribution in [0, 0.1) is 5.82 Å². The van der Waals surface area contributed by atoms with E-state index in [9.17, 15) is 9.18 Å². The van der Waals surface area contributed by atoms with Crippen molar-refractivity contribution < 1.29 is 13.9 Å². The number of rotatable bonds is 6. The highest BCUT2D eigenvalue weighted by molar-refractivity contribution is 5.64. The van der Waals surface area contributed by atoms with Gasteiger partial charge in [-0.1, -0.05) is 19.1 Å². The molecule has 0 heterocycles. The minimum atomic E-state index is -0.776. The van der Waals surface area contributed by atoms with Crippen LogP contribution in [0.1, 0.15) is 24.9 Å². The van der Waals surface area contributed by atoms with Crippen LogP contribution in [0.15, 0.2) is 24.3 Å². The number of carbonyl (C=O) groups excluding carboxylic acids is 1. The van der Waals surface area contributed by atoms with E-state index in [1.54, 1.807) is 12.1 Å². The molecule has 0 aromatic heterocycles. The Morgan fingerprint density at radius 3 is 2.65 bits per heavy atom. The Morgan fingerprint density at radius 2 is 2.12 bits per heavy atom. The number of nitrogens with one attached hydrogen (secondary N) is 1. The van der Waals surface area contributed by atoms with Gasteiger partial charge in [-0.2, -0.15) is 0 Å². The number of hydrogen-bond acceptors (Lipinski definition) is 3. The van der Waals surface area contributed by atoms with Crippen molar-refractivity contribution in [3.05, 3.63) is 35.6 Å². The van der Waals surface area contributed by atoms with E-state index >= 15 is 0 Å². The van der Waals surface area contributed by atoms with Crippen molar-refractivity contribution >= 4 is 6.09 Å². The Balaban J connectivity index is 2.43. The van der Waals surface area contributed by atoms with E-state index in [4.69, 9.17) is 5.73 Å². The lowest BCUT2D eigenvalue weighted by molar-refractivity contribution is 0.156. The maximum absolute atomic E-state index is 12.8. The first kappa shape index (κ1) is 13.4. The molecule has 0 aliphatic rings. The molecule has 1 atom stereocenters.